The standard InChI is InChI=1S/C19H31N3O2S/c1-16(25-18-7-4-3-5-8-18)15-22-19(20-2)21-11-6-12-24-17-9-13-23-14-10-17/h3-5,7-8,16-17H,6,9-15H2,1-2H3,(H2,20,21,22). The van der Waals surface area contributed by atoms with Gasteiger partial charge in [-0.25, -0.2) is 0 Å². The Morgan fingerprint density at radius 1 is 1.28 bits per heavy atom. The van der Waals surface area contributed by atoms with E-state index in [9.17, 15) is 0 Å². The maximum absolute atomic E-state index is 5.88. The molecule has 0 aliphatic carbocycles. The van der Waals surface area contributed by atoms with Gasteiger partial charge in [0.2, 0.25) is 0 Å². The molecule has 0 aromatic heterocycles. The van der Waals surface area contributed by atoms with Crippen molar-refractivity contribution in [2.45, 2.75) is 42.4 Å². The minimum atomic E-state index is 0.377. The highest BCUT2D eigenvalue weighted by molar-refractivity contribution is 8.00. The molecule has 1 aromatic carbocycles. The van der Waals surface area contributed by atoms with Gasteiger partial charge in [0.15, 0.2) is 5.96 Å². The van der Waals surface area contributed by atoms with Crippen molar-refractivity contribution in [3.05, 3.63) is 30.3 Å². The number of thioether (sulfide) groups is 1. The van der Waals surface area contributed by atoms with Gasteiger partial charge in [-0.15, -0.1) is 11.8 Å². The third-order valence-electron chi connectivity index (χ3n) is 4.00. The zero-order valence-electron chi connectivity index (χ0n) is 15.4. The first kappa shape index (κ1) is 20.1. The van der Waals surface area contributed by atoms with Gasteiger partial charge in [-0.3, -0.25) is 4.99 Å². The van der Waals surface area contributed by atoms with E-state index in [0.717, 1.165) is 58.1 Å². The summed E-state index contributed by atoms with van der Waals surface area (Å²) in [6.07, 6.45) is 3.40. The first-order valence-electron chi connectivity index (χ1n) is 9.13. The van der Waals surface area contributed by atoms with E-state index in [-0.39, 0.29) is 0 Å². The van der Waals surface area contributed by atoms with E-state index in [1.807, 2.05) is 24.9 Å². The molecule has 1 aliphatic rings. The predicted molar refractivity (Wildman–Crippen MR) is 106 cm³/mol. The van der Waals surface area contributed by atoms with Crippen molar-refractivity contribution >= 4 is 17.7 Å². The lowest BCUT2D eigenvalue weighted by Crippen LogP contribution is -2.40. The van der Waals surface area contributed by atoms with Crippen molar-refractivity contribution in [2.75, 3.05) is 40.0 Å². The molecular weight excluding hydrogens is 334 g/mol. The van der Waals surface area contributed by atoms with Crippen LogP contribution < -0.4 is 10.6 Å². The van der Waals surface area contributed by atoms with E-state index >= 15 is 0 Å². The Morgan fingerprint density at radius 2 is 2.04 bits per heavy atom. The second kappa shape index (κ2) is 12.2. The molecule has 0 saturated carbocycles. The van der Waals surface area contributed by atoms with Gasteiger partial charge in [0, 0.05) is 50.1 Å². The third kappa shape index (κ3) is 8.61. The smallest absolute Gasteiger partial charge is 0.191 e. The summed E-state index contributed by atoms with van der Waals surface area (Å²) in [6.45, 7) is 6.41. The van der Waals surface area contributed by atoms with Crippen molar-refractivity contribution in [3.8, 4) is 0 Å². The Hall–Kier alpha value is -1.24. The maximum atomic E-state index is 5.88. The van der Waals surface area contributed by atoms with E-state index in [4.69, 9.17) is 9.47 Å². The summed E-state index contributed by atoms with van der Waals surface area (Å²) >= 11 is 1.87. The van der Waals surface area contributed by atoms with Crippen molar-refractivity contribution in [3.63, 3.8) is 0 Å². The predicted octanol–water partition coefficient (Wildman–Crippen LogP) is 2.92. The van der Waals surface area contributed by atoms with E-state index in [0.29, 0.717) is 11.4 Å². The Labute approximate surface area is 156 Å². The molecule has 2 N–H and O–H groups in total. The molecular formula is C19H31N3O2S. The van der Waals surface area contributed by atoms with Crippen molar-refractivity contribution in [1.29, 1.82) is 0 Å². The molecule has 2 rings (SSSR count). The number of guanidine groups is 1. The number of nitrogens with one attached hydrogen (secondary N) is 2. The van der Waals surface area contributed by atoms with Crippen LogP contribution in [0.25, 0.3) is 0 Å². The van der Waals surface area contributed by atoms with Crippen molar-refractivity contribution < 1.29 is 9.47 Å². The Bertz CT molecular complexity index is 493. The van der Waals surface area contributed by atoms with Crippen molar-refractivity contribution in [1.82, 2.24) is 10.6 Å². The summed E-state index contributed by atoms with van der Waals surface area (Å²) in [7, 11) is 1.81. The third-order valence-corrected chi connectivity index (χ3v) is 5.11. The fourth-order valence-corrected chi connectivity index (χ4v) is 3.55. The van der Waals surface area contributed by atoms with Crippen molar-refractivity contribution in [2.24, 2.45) is 4.99 Å². The monoisotopic (exact) mass is 365 g/mol. The lowest BCUT2D eigenvalue weighted by molar-refractivity contribution is -0.0320. The van der Waals surface area contributed by atoms with Gasteiger partial charge in [-0.2, -0.15) is 0 Å². The molecule has 5 nitrogen and oxygen atoms in total. The minimum absolute atomic E-state index is 0.377. The second-order valence-electron chi connectivity index (χ2n) is 6.16. The lowest BCUT2D eigenvalue weighted by atomic mass is 10.1. The molecule has 1 aromatic rings. The summed E-state index contributed by atoms with van der Waals surface area (Å²) < 4.78 is 11.2. The molecule has 0 amide bonds. The molecule has 1 unspecified atom stereocenters. The largest absolute Gasteiger partial charge is 0.381 e. The molecule has 1 atom stereocenters. The van der Waals surface area contributed by atoms with Crippen LogP contribution in [0.3, 0.4) is 0 Å². The molecule has 1 heterocycles. The van der Waals surface area contributed by atoms with Gasteiger partial charge in [0.25, 0.3) is 0 Å². The number of rotatable bonds is 9. The molecule has 1 saturated heterocycles. The van der Waals surface area contributed by atoms with Crippen LogP contribution in [0.4, 0.5) is 0 Å². The topological polar surface area (TPSA) is 54.9 Å². The van der Waals surface area contributed by atoms with Crippen LogP contribution in [-0.4, -0.2) is 57.3 Å². The number of nitrogens with zero attached hydrogens (tertiary/aromatic N) is 1. The van der Waals surface area contributed by atoms with E-state index in [1.54, 1.807) is 0 Å². The van der Waals surface area contributed by atoms with Crippen LogP contribution in [0.15, 0.2) is 40.2 Å². The fraction of sp³-hybridized carbons (Fsp3) is 0.632. The average Bonchev–Trinajstić information content (AvgIpc) is 2.65. The summed E-state index contributed by atoms with van der Waals surface area (Å²) in [5.41, 5.74) is 0. The number of hydrogen-bond acceptors (Lipinski definition) is 4. The summed E-state index contributed by atoms with van der Waals surface area (Å²) in [5, 5.41) is 7.21. The molecule has 1 fully saturated rings. The van der Waals surface area contributed by atoms with Gasteiger partial charge in [0.05, 0.1) is 6.10 Å². The molecule has 6 heteroatoms. The fourth-order valence-electron chi connectivity index (χ4n) is 2.61. The van der Waals surface area contributed by atoms with Gasteiger partial charge in [-0.05, 0) is 31.4 Å². The molecule has 0 bridgehead atoms. The molecule has 0 radical (unpaired) electrons. The number of benzene rings is 1. The van der Waals surface area contributed by atoms with E-state index in [2.05, 4.69) is 46.8 Å². The van der Waals surface area contributed by atoms with E-state index in [1.165, 1.54) is 4.90 Å². The minimum Gasteiger partial charge on any atom is -0.381 e. The van der Waals surface area contributed by atoms with Crippen LogP contribution in [-0.2, 0) is 9.47 Å². The first-order chi connectivity index (χ1) is 12.3. The van der Waals surface area contributed by atoms with Crippen LogP contribution >= 0.6 is 11.8 Å². The summed E-state index contributed by atoms with van der Waals surface area (Å²) in [4.78, 5) is 5.58. The number of aliphatic imine (C=N–C) groups is 1. The zero-order valence-corrected chi connectivity index (χ0v) is 16.2. The highest BCUT2D eigenvalue weighted by atomic mass is 32.2. The Balaban J connectivity index is 1.54. The average molecular weight is 366 g/mol. The van der Waals surface area contributed by atoms with Crippen LogP contribution in [0.2, 0.25) is 0 Å². The molecule has 140 valence electrons. The normalized spacial score (nSPS) is 17.3. The van der Waals surface area contributed by atoms with Gasteiger partial charge < -0.3 is 20.1 Å². The Morgan fingerprint density at radius 3 is 2.76 bits per heavy atom. The Kier molecular flexibility index (Phi) is 9.77. The molecule has 1 aliphatic heterocycles. The lowest BCUT2D eigenvalue weighted by Gasteiger charge is -2.22. The van der Waals surface area contributed by atoms with Crippen LogP contribution in [0, 0.1) is 0 Å². The highest BCUT2D eigenvalue weighted by Crippen LogP contribution is 2.21. The highest BCUT2D eigenvalue weighted by Gasteiger charge is 2.13. The number of hydrogen-bond donors (Lipinski definition) is 2. The van der Waals surface area contributed by atoms with Crippen LogP contribution in [0.5, 0.6) is 0 Å². The summed E-state index contributed by atoms with van der Waals surface area (Å²) in [6, 6.07) is 10.5. The van der Waals surface area contributed by atoms with Gasteiger partial charge >= 0.3 is 0 Å². The summed E-state index contributed by atoms with van der Waals surface area (Å²) in [5.74, 6) is 0.853. The molecule has 25 heavy (non-hydrogen) atoms. The van der Waals surface area contributed by atoms with Gasteiger partial charge in [0.1, 0.15) is 0 Å². The maximum Gasteiger partial charge on any atom is 0.191 e. The zero-order chi connectivity index (χ0) is 17.7. The first-order valence-corrected chi connectivity index (χ1v) is 10.0. The van der Waals surface area contributed by atoms with Crippen LogP contribution in [0.1, 0.15) is 26.2 Å². The van der Waals surface area contributed by atoms with E-state index < -0.39 is 0 Å². The quantitative estimate of drug-likeness (QED) is 0.305. The number of ether oxygens (including phenoxy) is 2. The second-order valence-corrected chi connectivity index (χ2v) is 7.67. The SMILES string of the molecule is CN=C(NCCCOC1CCOCC1)NCC(C)Sc1ccccc1. The molecule has 0 spiro atoms. The van der Waals surface area contributed by atoms with Gasteiger partial charge in [-0.1, -0.05) is 25.1 Å².